The zero-order valence-corrected chi connectivity index (χ0v) is 12.7. The first kappa shape index (κ1) is 14.3. The summed E-state index contributed by atoms with van der Waals surface area (Å²) in [7, 11) is 4.53. The molecule has 1 saturated carbocycles. The van der Waals surface area contributed by atoms with Crippen LogP contribution < -0.4 is 5.32 Å². The third kappa shape index (κ3) is 3.94. The van der Waals surface area contributed by atoms with E-state index < -0.39 is 0 Å². The van der Waals surface area contributed by atoms with E-state index in [4.69, 9.17) is 0 Å². The van der Waals surface area contributed by atoms with Gasteiger partial charge in [-0.25, -0.2) is 0 Å². The van der Waals surface area contributed by atoms with E-state index >= 15 is 0 Å². The Kier molecular flexibility index (Phi) is 5.05. The predicted molar refractivity (Wildman–Crippen MR) is 77.9 cm³/mol. The highest BCUT2D eigenvalue weighted by Gasteiger charge is 2.29. The van der Waals surface area contributed by atoms with Gasteiger partial charge in [0, 0.05) is 31.2 Å². The monoisotopic (exact) mass is 253 g/mol. The molecule has 3 unspecified atom stereocenters. The summed E-state index contributed by atoms with van der Waals surface area (Å²) in [4.78, 5) is 5.03. The molecule has 2 fully saturated rings. The van der Waals surface area contributed by atoms with Crippen molar-refractivity contribution in [1.29, 1.82) is 0 Å². The second-order valence-electron chi connectivity index (χ2n) is 6.61. The third-order valence-electron chi connectivity index (χ3n) is 4.92. The molecule has 0 amide bonds. The maximum atomic E-state index is 3.77. The van der Waals surface area contributed by atoms with Gasteiger partial charge in [0.1, 0.15) is 0 Å². The molecule has 0 aromatic carbocycles. The molecule has 106 valence electrons. The summed E-state index contributed by atoms with van der Waals surface area (Å²) in [5.41, 5.74) is 0. The summed E-state index contributed by atoms with van der Waals surface area (Å²) < 4.78 is 0. The molecule has 3 atom stereocenters. The average molecular weight is 253 g/mol. The Morgan fingerprint density at radius 2 is 2.00 bits per heavy atom. The normalized spacial score (nSPS) is 29.5. The maximum Gasteiger partial charge on any atom is 0.0192 e. The summed E-state index contributed by atoms with van der Waals surface area (Å²) in [6, 6.07) is 2.20. The van der Waals surface area contributed by atoms with E-state index in [1.54, 1.807) is 0 Å². The summed E-state index contributed by atoms with van der Waals surface area (Å²) in [6.07, 6.45) is 5.57. The SMILES string of the molecule is CC(NCC(C)N(C)C1CC1)C1CCCN(C)C1. The van der Waals surface area contributed by atoms with E-state index in [0.29, 0.717) is 12.1 Å². The van der Waals surface area contributed by atoms with Crippen LogP contribution in [0.4, 0.5) is 0 Å². The zero-order chi connectivity index (χ0) is 13.1. The van der Waals surface area contributed by atoms with Gasteiger partial charge < -0.3 is 10.2 Å². The molecular formula is C15H31N3. The molecule has 0 aromatic rings. The lowest BCUT2D eigenvalue weighted by molar-refractivity contribution is 0.169. The van der Waals surface area contributed by atoms with Crippen LogP contribution in [0.3, 0.4) is 0 Å². The third-order valence-corrected chi connectivity index (χ3v) is 4.92. The van der Waals surface area contributed by atoms with Gasteiger partial charge in [0.25, 0.3) is 0 Å². The van der Waals surface area contributed by atoms with Crippen molar-refractivity contribution in [2.24, 2.45) is 5.92 Å². The van der Waals surface area contributed by atoms with Crippen LogP contribution in [0.5, 0.6) is 0 Å². The van der Waals surface area contributed by atoms with Crippen LogP contribution in [0.1, 0.15) is 39.5 Å². The van der Waals surface area contributed by atoms with E-state index in [0.717, 1.165) is 18.5 Å². The standard InChI is InChI=1S/C15H31N3/c1-12(18(4)15-7-8-15)10-16-13(2)14-6-5-9-17(3)11-14/h12-16H,5-11H2,1-4H3. The van der Waals surface area contributed by atoms with E-state index in [9.17, 15) is 0 Å². The van der Waals surface area contributed by atoms with Gasteiger partial charge in [0.2, 0.25) is 0 Å². The lowest BCUT2D eigenvalue weighted by Gasteiger charge is -2.35. The van der Waals surface area contributed by atoms with E-state index in [-0.39, 0.29) is 0 Å². The van der Waals surface area contributed by atoms with Gasteiger partial charge in [0.15, 0.2) is 0 Å². The molecule has 1 heterocycles. The Hall–Kier alpha value is -0.120. The number of likely N-dealkylation sites (tertiary alicyclic amines) is 1. The Morgan fingerprint density at radius 1 is 1.28 bits per heavy atom. The van der Waals surface area contributed by atoms with E-state index in [1.165, 1.54) is 38.8 Å². The summed E-state index contributed by atoms with van der Waals surface area (Å²) >= 11 is 0. The summed E-state index contributed by atoms with van der Waals surface area (Å²) in [5, 5.41) is 3.77. The molecule has 2 aliphatic rings. The molecule has 2 rings (SSSR count). The topological polar surface area (TPSA) is 18.5 Å². The van der Waals surface area contributed by atoms with Crippen LogP contribution in [0, 0.1) is 5.92 Å². The Morgan fingerprint density at radius 3 is 2.61 bits per heavy atom. The quantitative estimate of drug-likeness (QED) is 0.778. The van der Waals surface area contributed by atoms with Crippen molar-refractivity contribution >= 4 is 0 Å². The number of rotatable bonds is 6. The molecule has 0 aromatic heterocycles. The molecule has 1 aliphatic heterocycles. The number of hydrogen-bond acceptors (Lipinski definition) is 3. The number of nitrogens with zero attached hydrogens (tertiary/aromatic N) is 2. The fourth-order valence-electron chi connectivity index (χ4n) is 3.12. The Balaban J connectivity index is 1.68. The van der Waals surface area contributed by atoms with Gasteiger partial charge in [-0.1, -0.05) is 0 Å². The van der Waals surface area contributed by atoms with Gasteiger partial charge in [-0.3, -0.25) is 4.90 Å². The highest BCUT2D eigenvalue weighted by molar-refractivity contribution is 4.87. The van der Waals surface area contributed by atoms with Crippen LogP contribution in [0.15, 0.2) is 0 Å². The first-order chi connectivity index (χ1) is 8.58. The van der Waals surface area contributed by atoms with Crippen LogP contribution in [0.25, 0.3) is 0 Å². The van der Waals surface area contributed by atoms with Crippen molar-refractivity contribution < 1.29 is 0 Å². The minimum Gasteiger partial charge on any atom is -0.312 e. The van der Waals surface area contributed by atoms with Crippen LogP contribution >= 0.6 is 0 Å². The van der Waals surface area contributed by atoms with Gasteiger partial charge in [-0.2, -0.15) is 0 Å². The number of piperidine rings is 1. The van der Waals surface area contributed by atoms with Crippen molar-refractivity contribution in [3.05, 3.63) is 0 Å². The lowest BCUT2D eigenvalue weighted by Crippen LogP contribution is -2.47. The van der Waals surface area contributed by atoms with Crippen LogP contribution in [-0.4, -0.2) is 61.7 Å². The highest BCUT2D eigenvalue weighted by atomic mass is 15.2. The Bertz CT molecular complexity index is 252. The van der Waals surface area contributed by atoms with Gasteiger partial charge >= 0.3 is 0 Å². The fraction of sp³-hybridized carbons (Fsp3) is 1.00. The first-order valence-corrected chi connectivity index (χ1v) is 7.71. The number of nitrogens with one attached hydrogen (secondary N) is 1. The van der Waals surface area contributed by atoms with Crippen molar-refractivity contribution in [1.82, 2.24) is 15.1 Å². The van der Waals surface area contributed by atoms with E-state index in [2.05, 4.69) is 43.1 Å². The molecule has 0 spiro atoms. The van der Waals surface area contributed by atoms with Crippen molar-refractivity contribution in [2.45, 2.75) is 57.7 Å². The molecule has 3 heteroatoms. The molecule has 0 bridgehead atoms. The average Bonchev–Trinajstić information content (AvgIpc) is 3.18. The molecular weight excluding hydrogens is 222 g/mol. The minimum atomic E-state index is 0.655. The molecule has 18 heavy (non-hydrogen) atoms. The molecule has 1 saturated heterocycles. The minimum absolute atomic E-state index is 0.655. The summed E-state index contributed by atoms with van der Waals surface area (Å²) in [6.45, 7) is 8.40. The predicted octanol–water partition coefficient (Wildman–Crippen LogP) is 1.79. The smallest absolute Gasteiger partial charge is 0.0192 e. The van der Waals surface area contributed by atoms with Crippen molar-refractivity contribution in [3.8, 4) is 0 Å². The molecule has 1 aliphatic carbocycles. The summed E-state index contributed by atoms with van der Waals surface area (Å²) in [5.74, 6) is 0.835. The number of hydrogen-bond donors (Lipinski definition) is 1. The second-order valence-corrected chi connectivity index (χ2v) is 6.61. The molecule has 1 N–H and O–H groups in total. The first-order valence-electron chi connectivity index (χ1n) is 7.71. The van der Waals surface area contributed by atoms with Gasteiger partial charge in [-0.05, 0) is 66.1 Å². The van der Waals surface area contributed by atoms with Gasteiger partial charge in [-0.15, -0.1) is 0 Å². The van der Waals surface area contributed by atoms with Crippen LogP contribution in [0.2, 0.25) is 0 Å². The van der Waals surface area contributed by atoms with E-state index in [1.807, 2.05) is 0 Å². The van der Waals surface area contributed by atoms with Crippen molar-refractivity contribution in [3.63, 3.8) is 0 Å². The largest absolute Gasteiger partial charge is 0.312 e. The number of likely N-dealkylation sites (N-methyl/N-ethyl adjacent to an activating group) is 1. The highest BCUT2D eigenvalue weighted by Crippen LogP contribution is 2.26. The maximum absolute atomic E-state index is 3.77. The molecule has 0 radical (unpaired) electrons. The zero-order valence-electron chi connectivity index (χ0n) is 12.7. The van der Waals surface area contributed by atoms with Crippen LogP contribution in [-0.2, 0) is 0 Å². The van der Waals surface area contributed by atoms with Gasteiger partial charge in [0.05, 0.1) is 0 Å². The van der Waals surface area contributed by atoms with Crippen molar-refractivity contribution in [2.75, 3.05) is 33.7 Å². The second kappa shape index (κ2) is 6.36. The molecule has 3 nitrogen and oxygen atoms in total. The Labute approximate surface area is 113 Å². The fourth-order valence-corrected chi connectivity index (χ4v) is 3.12. The lowest BCUT2D eigenvalue weighted by atomic mass is 9.92.